The van der Waals surface area contributed by atoms with Crippen molar-refractivity contribution >= 4 is 11.2 Å². The van der Waals surface area contributed by atoms with Gasteiger partial charge < -0.3 is 9.88 Å². The number of aromatic amines is 1. The van der Waals surface area contributed by atoms with Crippen LogP contribution in [0.3, 0.4) is 0 Å². The van der Waals surface area contributed by atoms with E-state index in [1.165, 1.54) is 36.8 Å². The molecule has 0 saturated carbocycles. The lowest BCUT2D eigenvalue weighted by Crippen LogP contribution is -2.79. The quantitative estimate of drug-likeness (QED) is 0.649. The Balaban J connectivity index is 1.96. The molecule has 0 bridgehead atoms. The monoisotopic (exact) mass is 322 g/mol. The fourth-order valence-corrected chi connectivity index (χ4v) is 2.94. The highest BCUT2D eigenvalue weighted by molar-refractivity contribution is 5.70. The first kappa shape index (κ1) is 17.5. The van der Waals surface area contributed by atoms with E-state index in [1.54, 1.807) is 7.05 Å². The SMILES string of the molecule is C[NH2+]CCCCCCCCn1c(C)nc2c1c(=O)[nH]c(=O)n2C. The molecule has 7 nitrogen and oxygen atoms in total. The molecule has 0 spiro atoms. The average Bonchev–Trinajstić information content (AvgIpc) is 2.85. The minimum Gasteiger partial charge on any atom is -0.349 e. The molecule has 0 aliphatic heterocycles. The molecule has 0 radical (unpaired) electrons. The zero-order valence-electron chi connectivity index (χ0n) is 14.4. The number of fused-ring (bicyclic) bond motifs is 1. The third-order valence-electron chi connectivity index (χ3n) is 4.32. The molecule has 7 heteroatoms. The van der Waals surface area contributed by atoms with E-state index in [1.807, 2.05) is 11.5 Å². The van der Waals surface area contributed by atoms with Crippen LogP contribution in [0.5, 0.6) is 0 Å². The molecule has 0 atom stereocenters. The van der Waals surface area contributed by atoms with Gasteiger partial charge in [-0.05, 0) is 26.2 Å². The number of unbranched alkanes of at least 4 members (excludes halogenated alkanes) is 5. The lowest BCUT2D eigenvalue weighted by Gasteiger charge is -2.06. The first-order valence-corrected chi connectivity index (χ1v) is 8.50. The zero-order valence-corrected chi connectivity index (χ0v) is 14.4. The van der Waals surface area contributed by atoms with Gasteiger partial charge in [0.1, 0.15) is 5.82 Å². The van der Waals surface area contributed by atoms with Crippen LogP contribution in [0.1, 0.15) is 44.3 Å². The fraction of sp³-hybridized carbons (Fsp3) is 0.688. The summed E-state index contributed by atoms with van der Waals surface area (Å²) in [5.74, 6) is 0.783. The Hall–Kier alpha value is -1.89. The van der Waals surface area contributed by atoms with E-state index in [9.17, 15) is 9.59 Å². The Morgan fingerprint density at radius 3 is 2.43 bits per heavy atom. The van der Waals surface area contributed by atoms with Crippen LogP contribution in [0.15, 0.2) is 9.59 Å². The molecule has 0 amide bonds. The van der Waals surface area contributed by atoms with E-state index in [-0.39, 0.29) is 5.56 Å². The topological polar surface area (TPSA) is 89.3 Å². The van der Waals surface area contributed by atoms with E-state index in [0.29, 0.717) is 11.2 Å². The number of hydrogen-bond donors (Lipinski definition) is 2. The normalized spacial score (nSPS) is 11.4. The molecule has 23 heavy (non-hydrogen) atoms. The Morgan fingerprint density at radius 1 is 1.09 bits per heavy atom. The molecule has 0 aromatic carbocycles. The van der Waals surface area contributed by atoms with E-state index in [0.717, 1.165) is 25.2 Å². The maximum absolute atomic E-state index is 12.1. The molecule has 0 fully saturated rings. The number of imidazole rings is 1. The number of quaternary nitrogens is 1. The van der Waals surface area contributed by atoms with Crippen molar-refractivity contribution in [2.75, 3.05) is 13.6 Å². The van der Waals surface area contributed by atoms with Crippen molar-refractivity contribution in [3.63, 3.8) is 0 Å². The van der Waals surface area contributed by atoms with Crippen LogP contribution in [0, 0.1) is 6.92 Å². The van der Waals surface area contributed by atoms with Crippen LogP contribution >= 0.6 is 0 Å². The summed E-state index contributed by atoms with van der Waals surface area (Å²) in [7, 11) is 3.74. The van der Waals surface area contributed by atoms with Gasteiger partial charge in [-0.1, -0.05) is 19.3 Å². The van der Waals surface area contributed by atoms with E-state index in [2.05, 4.69) is 22.3 Å². The minimum absolute atomic E-state index is 0.348. The molecule has 2 aromatic rings. The highest BCUT2D eigenvalue weighted by atomic mass is 16.2. The highest BCUT2D eigenvalue weighted by Gasteiger charge is 2.14. The molecule has 0 aliphatic carbocycles. The Labute approximate surface area is 135 Å². The number of H-pyrrole nitrogens is 1. The molecule has 0 saturated heterocycles. The second-order valence-electron chi connectivity index (χ2n) is 6.12. The van der Waals surface area contributed by atoms with Crippen molar-refractivity contribution in [3.8, 4) is 0 Å². The van der Waals surface area contributed by atoms with Gasteiger partial charge >= 0.3 is 5.69 Å². The molecule has 3 N–H and O–H groups in total. The summed E-state index contributed by atoms with van der Waals surface area (Å²) < 4.78 is 3.32. The molecule has 128 valence electrons. The summed E-state index contributed by atoms with van der Waals surface area (Å²) in [5, 5.41) is 2.22. The number of aryl methyl sites for hydroxylation is 3. The van der Waals surface area contributed by atoms with Gasteiger partial charge in [-0.3, -0.25) is 14.3 Å². The predicted octanol–water partition coefficient (Wildman–Crippen LogP) is 0.266. The summed E-state index contributed by atoms with van der Waals surface area (Å²) in [6, 6.07) is 0. The van der Waals surface area contributed by atoms with Gasteiger partial charge in [0.15, 0.2) is 11.2 Å². The molecular weight excluding hydrogens is 294 g/mol. The van der Waals surface area contributed by atoms with Crippen LogP contribution in [0.2, 0.25) is 0 Å². The van der Waals surface area contributed by atoms with Crippen molar-refractivity contribution in [2.24, 2.45) is 7.05 Å². The van der Waals surface area contributed by atoms with Gasteiger partial charge in [0.05, 0.1) is 13.6 Å². The van der Waals surface area contributed by atoms with E-state index < -0.39 is 5.69 Å². The lowest BCUT2D eigenvalue weighted by molar-refractivity contribution is -0.627. The van der Waals surface area contributed by atoms with Crippen molar-refractivity contribution in [3.05, 3.63) is 26.7 Å². The van der Waals surface area contributed by atoms with Crippen LogP contribution in [-0.2, 0) is 13.6 Å². The summed E-state index contributed by atoms with van der Waals surface area (Å²) in [5.41, 5.74) is 0.200. The van der Waals surface area contributed by atoms with Crippen LogP contribution in [-0.4, -0.2) is 32.7 Å². The third-order valence-corrected chi connectivity index (χ3v) is 4.32. The number of rotatable bonds is 9. The Bertz CT molecular complexity index is 756. The van der Waals surface area contributed by atoms with Gasteiger partial charge in [-0.15, -0.1) is 0 Å². The second-order valence-corrected chi connectivity index (χ2v) is 6.12. The second kappa shape index (κ2) is 8.10. The summed E-state index contributed by atoms with van der Waals surface area (Å²) in [4.78, 5) is 30.5. The molecule has 0 aliphatic rings. The number of hydrogen-bond acceptors (Lipinski definition) is 3. The van der Waals surface area contributed by atoms with Gasteiger partial charge in [0.2, 0.25) is 0 Å². The predicted molar refractivity (Wildman–Crippen MR) is 90.8 cm³/mol. The third kappa shape index (κ3) is 4.10. The van der Waals surface area contributed by atoms with Crippen molar-refractivity contribution in [1.82, 2.24) is 19.1 Å². The summed E-state index contributed by atoms with van der Waals surface area (Å²) in [6.07, 6.45) is 7.24. The molecule has 2 rings (SSSR count). The zero-order chi connectivity index (χ0) is 16.8. The largest absolute Gasteiger partial charge is 0.349 e. The van der Waals surface area contributed by atoms with E-state index >= 15 is 0 Å². The molecular formula is C16H28N5O2+. The molecule has 2 aromatic heterocycles. The van der Waals surface area contributed by atoms with Crippen LogP contribution in [0.25, 0.3) is 11.2 Å². The highest BCUT2D eigenvalue weighted by Crippen LogP contribution is 2.12. The number of aromatic nitrogens is 4. The van der Waals surface area contributed by atoms with Crippen molar-refractivity contribution in [1.29, 1.82) is 0 Å². The minimum atomic E-state index is -0.420. The standard InChI is InChI=1S/C16H27N5O2/c1-12-18-14-13(15(22)19-16(23)20(14)3)21(12)11-9-7-5-4-6-8-10-17-2/h17H,4-11H2,1-3H3,(H,19,22,23)/p+1. The molecule has 2 heterocycles. The van der Waals surface area contributed by atoms with Gasteiger partial charge in [0.25, 0.3) is 5.56 Å². The molecule has 0 unspecified atom stereocenters. The maximum atomic E-state index is 12.1. The lowest BCUT2D eigenvalue weighted by atomic mass is 10.1. The van der Waals surface area contributed by atoms with Crippen LogP contribution < -0.4 is 16.6 Å². The number of nitrogens with zero attached hydrogens (tertiary/aromatic N) is 3. The first-order valence-electron chi connectivity index (χ1n) is 8.50. The summed E-state index contributed by atoms with van der Waals surface area (Å²) >= 11 is 0. The first-order chi connectivity index (χ1) is 11.1. The van der Waals surface area contributed by atoms with Crippen LogP contribution in [0.4, 0.5) is 0 Å². The maximum Gasteiger partial charge on any atom is 0.329 e. The van der Waals surface area contributed by atoms with E-state index in [4.69, 9.17) is 0 Å². The Kier molecular flexibility index (Phi) is 6.15. The van der Waals surface area contributed by atoms with Gasteiger partial charge in [-0.2, -0.15) is 0 Å². The smallest absolute Gasteiger partial charge is 0.329 e. The number of nitrogens with two attached hydrogens (primary N) is 1. The summed E-state index contributed by atoms with van der Waals surface area (Å²) in [6.45, 7) is 3.86. The van der Waals surface area contributed by atoms with Crippen molar-refractivity contribution in [2.45, 2.75) is 52.0 Å². The fourth-order valence-electron chi connectivity index (χ4n) is 2.94. The van der Waals surface area contributed by atoms with Crippen molar-refractivity contribution < 1.29 is 5.32 Å². The van der Waals surface area contributed by atoms with Gasteiger partial charge in [-0.25, -0.2) is 9.78 Å². The number of nitrogens with one attached hydrogen (secondary N) is 1. The average molecular weight is 322 g/mol. The van der Waals surface area contributed by atoms with Gasteiger partial charge in [0, 0.05) is 13.6 Å². The Morgan fingerprint density at radius 2 is 1.74 bits per heavy atom.